The van der Waals surface area contributed by atoms with Gasteiger partial charge in [-0.15, -0.1) is 0 Å². The van der Waals surface area contributed by atoms with E-state index in [4.69, 9.17) is 9.84 Å². The van der Waals surface area contributed by atoms with Gasteiger partial charge in [-0.1, -0.05) is 26.0 Å². The summed E-state index contributed by atoms with van der Waals surface area (Å²) in [6.07, 6.45) is 14.6. The summed E-state index contributed by atoms with van der Waals surface area (Å²) in [4.78, 5) is 22.2. The molecule has 0 aliphatic heterocycles. The third kappa shape index (κ3) is 5.71. The highest BCUT2D eigenvalue weighted by Crippen LogP contribution is 2.62. The van der Waals surface area contributed by atoms with Crippen molar-refractivity contribution in [3.05, 3.63) is 70.8 Å². The molecule has 0 radical (unpaired) electrons. The Morgan fingerprint density at radius 1 is 0.723 bits per heavy atom. The van der Waals surface area contributed by atoms with Crippen LogP contribution in [0.1, 0.15) is 112 Å². The van der Waals surface area contributed by atoms with Gasteiger partial charge in [0.15, 0.2) is 0 Å². The molecule has 252 valence electrons. The number of hydrogen-bond acceptors (Lipinski definition) is 6. The molecule has 4 saturated carbocycles. The van der Waals surface area contributed by atoms with E-state index in [1.807, 2.05) is 24.3 Å². The lowest BCUT2D eigenvalue weighted by molar-refractivity contribution is -0.133. The van der Waals surface area contributed by atoms with Crippen LogP contribution in [-0.2, 0) is 22.4 Å². The number of carboxylic acid groups (broad SMARTS) is 1. The molecule has 0 heterocycles. The van der Waals surface area contributed by atoms with Crippen molar-refractivity contribution in [1.29, 1.82) is 0 Å². The molecule has 0 spiro atoms. The number of hydrogen-bond donors (Lipinski definition) is 4. The van der Waals surface area contributed by atoms with E-state index in [1.165, 1.54) is 41.5 Å². The summed E-state index contributed by atoms with van der Waals surface area (Å²) in [5.74, 6) is 2.84. The zero-order valence-electron chi connectivity index (χ0n) is 27.7. The number of carboxylic acids is 1. The van der Waals surface area contributed by atoms with Gasteiger partial charge in [-0.3, -0.25) is 0 Å². The molecule has 2 aromatic carbocycles. The highest BCUT2D eigenvalue weighted by Gasteiger charge is 2.55. The molecule has 6 unspecified atom stereocenters. The predicted molar refractivity (Wildman–Crippen MR) is 178 cm³/mol. The van der Waals surface area contributed by atoms with Crippen LogP contribution in [0, 0.1) is 34.5 Å². The van der Waals surface area contributed by atoms with E-state index < -0.39 is 11.9 Å². The average Bonchev–Trinajstić information content (AvgIpc) is 3.53. The molecule has 8 rings (SSSR count). The summed E-state index contributed by atoms with van der Waals surface area (Å²) in [5, 5.41) is 39.1. The normalized spacial score (nSPS) is 38.0. The third-order valence-corrected chi connectivity index (χ3v) is 13.9. The molecule has 2 aromatic rings. The molecule has 10 atom stereocenters. The molecule has 4 fully saturated rings. The first-order valence-corrected chi connectivity index (χ1v) is 17.9. The number of aliphatic carboxylic acids is 1. The van der Waals surface area contributed by atoms with E-state index >= 15 is 0 Å². The first-order valence-electron chi connectivity index (χ1n) is 17.9. The predicted octanol–water partition coefficient (Wildman–Crippen LogP) is 7.06. The van der Waals surface area contributed by atoms with E-state index in [2.05, 4.69) is 26.0 Å². The van der Waals surface area contributed by atoms with Gasteiger partial charge in [-0.05, 0) is 170 Å². The fourth-order valence-corrected chi connectivity index (χ4v) is 11.4. The standard InChI is InChI=1S/C22H26O5.C18H24O2/c1-22-11-10-16-15-5-3-14(27-21(26)9-8-20(24)25)12-13(15)2-4-17(16)18(22)6-7-19(22)23;1-18-9-8-14-13-5-3-12(19)10-11(13)2-4-15(14)16(18)6-7-17(18)20/h3,5,8-9,12,16-19,23H,2,4,6-7,10-11H2,1H3,(H,24,25);3,5,10,14-17,19-20H,2,4,6-9H2,1H3/b9-8+;/t16?,17?,18?,19-,22-;14?,15?,16?,17-,18-/m00/s1. The number of benzene rings is 2. The Kier molecular flexibility index (Phi) is 8.53. The number of esters is 1. The van der Waals surface area contributed by atoms with Crippen LogP contribution in [0.3, 0.4) is 0 Å². The number of aliphatic hydroxyl groups excluding tert-OH is 2. The first kappa shape index (κ1) is 32.4. The van der Waals surface area contributed by atoms with Gasteiger partial charge < -0.3 is 25.2 Å². The summed E-state index contributed by atoms with van der Waals surface area (Å²) in [5.41, 5.74) is 5.65. The minimum atomic E-state index is -1.18. The van der Waals surface area contributed by atoms with Gasteiger partial charge in [0, 0.05) is 12.2 Å². The molecular weight excluding hydrogens is 592 g/mol. The average molecular weight is 643 g/mol. The van der Waals surface area contributed by atoms with Crippen LogP contribution >= 0.6 is 0 Å². The Labute approximate surface area is 278 Å². The van der Waals surface area contributed by atoms with Crippen LogP contribution in [-0.4, -0.2) is 44.6 Å². The van der Waals surface area contributed by atoms with E-state index in [9.17, 15) is 24.9 Å². The van der Waals surface area contributed by atoms with Gasteiger partial charge in [0.2, 0.25) is 0 Å². The highest BCUT2D eigenvalue weighted by molar-refractivity contribution is 5.91. The maximum absolute atomic E-state index is 11.7. The van der Waals surface area contributed by atoms with Gasteiger partial charge in [-0.2, -0.15) is 0 Å². The molecular formula is C40H50O7. The van der Waals surface area contributed by atoms with Crippen LogP contribution in [0.25, 0.3) is 0 Å². The van der Waals surface area contributed by atoms with Gasteiger partial charge in [0.25, 0.3) is 0 Å². The van der Waals surface area contributed by atoms with Crippen molar-refractivity contribution >= 4 is 11.9 Å². The number of phenolic OH excluding ortho intramolecular Hbond substituents is 1. The zero-order chi connectivity index (χ0) is 33.1. The summed E-state index contributed by atoms with van der Waals surface area (Å²) >= 11 is 0. The molecule has 7 nitrogen and oxygen atoms in total. The lowest BCUT2D eigenvalue weighted by Crippen LogP contribution is -2.43. The number of aryl methyl sites for hydroxylation is 2. The van der Waals surface area contributed by atoms with Crippen molar-refractivity contribution in [1.82, 2.24) is 0 Å². The number of aromatic hydroxyl groups is 1. The highest BCUT2D eigenvalue weighted by atomic mass is 16.5. The van der Waals surface area contributed by atoms with Gasteiger partial charge in [0.1, 0.15) is 11.5 Å². The Hall–Kier alpha value is -3.16. The molecule has 0 saturated heterocycles. The lowest BCUT2D eigenvalue weighted by atomic mass is 9.55. The van der Waals surface area contributed by atoms with Crippen LogP contribution in [0.5, 0.6) is 11.5 Å². The van der Waals surface area contributed by atoms with Crippen molar-refractivity contribution < 1.29 is 34.8 Å². The maximum Gasteiger partial charge on any atom is 0.336 e. The minimum Gasteiger partial charge on any atom is -0.508 e. The lowest BCUT2D eigenvalue weighted by Gasteiger charge is -2.50. The number of phenols is 1. The Balaban J connectivity index is 0.000000156. The topological polar surface area (TPSA) is 124 Å². The smallest absolute Gasteiger partial charge is 0.336 e. The van der Waals surface area contributed by atoms with E-state index in [-0.39, 0.29) is 23.0 Å². The van der Waals surface area contributed by atoms with E-state index in [1.54, 1.807) is 0 Å². The second-order valence-electron chi connectivity index (χ2n) is 15.9. The molecule has 6 aliphatic carbocycles. The largest absolute Gasteiger partial charge is 0.508 e. The Morgan fingerprint density at radius 2 is 1.26 bits per heavy atom. The maximum atomic E-state index is 11.7. The fraction of sp³-hybridized carbons (Fsp3) is 0.600. The molecule has 6 aliphatic rings. The van der Waals surface area contributed by atoms with E-state index in [0.29, 0.717) is 41.1 Å². The monoisotopic (exact) mass is 642 g/mol. The van der Waals surface area contributed by atoms with Crippen LogP contribution in [0.2, 0.25) is 0 Å². The minimum absolute atomic E-state index is 0.0740. The molecule has 0 bridgehead atoms. The van der Waals surface area contributed by atoms with Gasteiger partial charge >= 0.3 is 11.9 Å². The van der Waals surface area contributed by atoms with E-state index in [0.717, 1.165) is 75.9 Å². The second-order valence-corrected chi connectivity index (χ2v) is 15.9. The van der Waals surface area contributed by atoms with Crippen LogP contribution < -0.4 is 4.74 Å². The van der Waals surface area contributed by atoms with Crippen molar-refractivity contribution in [3.8, 4) is 11.5 Å². The summed E-state index contributed by atoms with van der Waals surface area (Å²) in [6, 6.07) is 11.8. The van der Waals surface area contributed by atoms with Crippen molar-refractivity contribution in [2.24, 2.45) is 34.5 Å². The first-order chi connectivity index (χ1) is 22.5. The number of rotatable bonds is 3. The molecule has 47 heavy (non-hydrogen) atoms. The van der Waals surface area contributed by atoms with Gasteiger partial charge in [-0.25, -0.2) is 9.59 Å². The summed E-state index contributed by atoms with van der Waals surface area (Å²) in [7, 11) is 0. The summed E-state index contributed by atoms with van der Waals surface area (Å²) in [6.45, 7) is 4.59. The number of aliphatic hydroxyl groups is 2. The molecule has 0 aromatic heterocycles. The number of carbonyl (C=O) groups excluding carboxylic acids is 1. The zero-order valence-corrected chi connectivity index (χ0v) is 27.7. The Morgan fingerprint density at radius 3 is 1.81 bits per heavy atom. The quantitative estimate of drug-likeness (QED) is 0.161. The Bertz CT molecular complexity index is 1560. The van der Waals surface area contributed by atoms with Gasteiger partial charge in [0.05, 0.1) is 12.2 Å². The molecule has 4 N–H and O–H groups in total. The number of fused-ring (bicyclic) bond motifs is 10. The SMILES string of the molecule is C[C@]12CCC3c4ccc(O)cc4CCC3C1CC[C@@H]2O.C[C@]12CCC3c4ccc(OC(=O)/C=C/C(=O)O)cc4CCC3C1CC[C@@H]2O. The van der Waals surface area contributed by atoms with Crippen molar-refractivity contribution in [2.45, 2.75) is 115 Å². The van der Waals surface area contributed by atoms with Crippen LogP contribution in [0.15, 0.2) is 48.6 Å². The molecule has 7 heteroatoms. The second kappa shape index (κ2) is 12.4. The fourth-order valence-electron chi connectivity index (χ4n) is 11.4. The molecule has 0 amide bonds. The number of ether oxygens (including phenoxy) is 1. The number of carbonyl (C=O) groups is 2. The summed E-state index contributed by atoms with van der Waals surface area (Å²) < 4.78 is 5.24. The van der Waals surface area contributed by atoms with Crippen molar-refractivity contribution in [3.63, 3.8) is 0 Å². The van der Waals surface area contributed by atoms with Crippen LogP contribution in [0.4, 0.5) is 0 Å². The third-order valence-electron chi connectivity index (χ3n) is 13.9. The van der Waals surface area contributed by atoms with Crippen molar-refractivity contribution in [2.75, 3.05) is 0 Å².